The van der Waals surface area contributed by atoms with Crippen LogP contribution in [0.4, 0.5) is 0 Å². The van der Waals surface area contributed by atoms with Crippen LogP contribution in [0.15, 0.2) is 0 Å². The average molecular weight is 200 g/mol. The zero-order chi connectivity index (χ0) is 10.1. The number of ether oxygens (including phenoxy) is 1. The van der Waals surface area contributed by atoms with Crippen LogP contribution < -0.4 is 5.32 Å². The summed E-state index contributed by atoms with van der Waals surface area (Å²) in [7, 11) is 2.14. The second-order valence-electron chi connectivity index (χ2n) is 4.68. The van der Waals surface area contributed by atoms with Crippen LogP contribution in [-0.2, 0) is 4.74 Å². The van der Waals surface area contributed by atoms with E-state index in [4.69, 9.17) is 4.74 Å². The lowest BCUT2D eigenvalue weighted by atomic mass is 10.0. The van der Waals surface area contributed by atoms with E-state index in [9.17, 15) is 5.11 Å². The Morgan fingerprint density at radius 1 is 1.29 bits per heavy atom. The van der Waals surface area contributed by atoms with Crippen molar-refractivity contribution in [2.45, 2.75) is 25.1 Å². The van der Waals surface area contributed by atoms with Crippen LogP contribution in [0.2, 0.25) is 0 Å². The summed E-state index contributed by atoms with van der Waals surface area (Å²) in [4.78, 5) is 2.32. The number of rotatable bonds is 2. The summed E-state index contributed by atoms with van der Waals surface area (Å²) in [5.74, 6) is 0.660. The molecule has 2 saturated heterocycles. The molecule has 4 heteroatoms. The molecule has 0 radical (unpaired) electrons. The lowest BCUT2D eigenvalue weighted by Crippen LogP contribution is -2.47. The Morgan fingerprint density at radius 3 is 2.57 bits per heavy atom. The minimum absolute atomic E-state index is 0.133. The lowest BCUT2D eigenvalue weighted by molar-refractivity contribution is 0.120. The van der Waals surface area contributed by atoms with Crippen LogP contribution in [0, 0.1) is 5.92 Å². The molecule has 4 nitrogen and oxygen atoms in total. The fourth-order valence-electron chi connectivity index (χ4n) is 2.40. The summed E-state index contributed by atoms with van der Waals surface area (Å²) in [6.07, 6.45) is -0.326. The summed E-state index contributed by atoms with van der Waals surface area (Å²) < 4.78 is 5.22. The zero-order valence-corrected chi connectivity index (χ0v) is 8.94. The van der Waals surface area contributed by atoms with E-state index in [1.807, 2.05) is 0 Å². The van der Waals surface area contributed by atoms with Gasteiger partial charge in [0.25, 0.3) is 0 Å². The highest BCUT2D eigenvalue weighted by Gasteiger charge is 2.33. The first kappa shape index (κ1) is 10.4. The number of likely N-dealkylation sites (N-methyl/N-ethyl adjacent to an activating group) is 1. The Balaban J connectivity index is 1.85. The van der Waals surface area contributed by atoms with Crippen LogP contribution in [0.1, 0.15) is 6.92 Å². The molecule has 0 aliphatic carbocycles. The molecule has 2 rings (SSSR count). The molecular formula is C10H20N2O2. The third-order valence-electron chi connectivity index (χ3n) is 3.27. The van der Waals surface area contributed by atoms with E-state index < -0.39 is 0 Å². The number of nitrogens with one attached hydrogen (secondary N) is 1. The summed E-state index contributed by atoms with van der Waals surface area (Å²) in [5.41, 5.74) is 0. The highest BCUT2D eigenvalue weighted by Crippen LogP contribution is 2.16. The van der Waals surface area contributed by atoms with Crippen molar-refractivity contribution in [1.82, 2.24) is 10.2 Å². The van der Waals surface area contributed by atoms with Gasteiger partial charge in [0.05, 0.1) is 25.4 Å². The van der Waals surface area contributed by atoms with Crippen molar-refractivity contribution in [2.75, 3.05) is 33.4 Å². The maximum atomic E-state index is 9.60. The van der Waals surface area contributed by atoms with Gasteiger partial charge in [-0.3, -0.25) is 0 Å². The van der Waals surface area contributed by atoms with E-state index >= 15 is 0 Å². The molecule has 0 aromatic carbocycles. The molecule has 2 heterocycles. The fourth-order valence-corrected chi connectivity index (χ4v) is 2.40. The van der Waals surface area contributed by atoms with Crippen LogP contribution in [0.3, 0.4) is 0 Å². The minimum atomic E-state index is -0.326. The minimum Gasteiger partial charge on any atom is -0.389 e. The van der Waals surface area contributed by atoms with Crippen molar-refractivity contribution in [2.24, 2.45) is 5.92 Å². The van der Waals surface area contributed by atoms with E-state index in [1.54, 1.807) is 0 Å². The standard InChI is InChI=1S/C10H20N2O2/c1-7-3-12(2)4-8(7)11-9-5-14-6-10(9)13/h7-11,13H,3-6H2,1-2H3. The maximum absolute atomic E-state index is 9.60. The third-order valence-corrected chi connectivity index (χ3v) is 3.27. The second kappa shape index (κ2) is 4.14. The summed E-state index contributed by atoms with van der Waals surface area (Å²) in [6, 6.07) is 0.635. The first-order valence-corrected chi connectivity index (χ1v) is 5.37. The normalized spacial score (nSPS) is 44.8. The molecule has 0 saturated carbocycles. The van der Waals surface area contributed by atoms with Gasteiger partial charge in [0.1, 0.15) is 0 Å². The molecular weight excluding hydrogens is 180 g/mol. The van der Waals surface area contributed by atoms with Gasteiger partial charge in [-0.25, -0.2) is 0 Å². The Kier molecular flexibility index (Phi) is 3.07. The predicted octanol–water partition coefficient (Wildman–Crippen LogP) is -0.714. The number of hydrogen-bond donors (Lipinski definition) is 2. The van der Waals surface area contributed by atoms with Crippen molar-refractivity contribution in [3.05, 3.63) is 0 Å². The number of aliphatic hydroxyl groups excluding tert-OH is 1. The first-order valence-electron chi connectivity index (χ1n) is 5.37. The topological polar surface area (TPSA) is 44.7 Å². The van der Waals surface area contributed by atoms with Crippen molar-refractivity contribution in [3.63, 3.8) is 0 Å². The molecule has 14 heavy (non-hydrogen) atoms. The van der Waals surface area contributed by atoms with Gasteiger partial charge in [-0.15, -0.1) is 0 Å². The molecule has 0 bridgehead atoms. The van der Waals surface area contributed by atoms with E-state index in [1.165, 1.54) is 0 Å². The quantitative estimate of drug-likeness (QED) is 0.618. The van der Waals surface area contributed by atoms with E-state index in [2.05, 4.69) is 24.2 Å². The Bertz CT molecular complexity index is 201. The Morgan fingerprint density at radius 2 is 2.07 bits per heavy atom. The first-order chi connectivity index (χ1) is 6.66. The van der Waals surface area contributed by atoms with Crippen LogP contribution in [-0.4, -0.2) is 61.5 Å². The molecule has 0 aromatic heterocycles. The third kappa shape index (κ3) is 2.08. The largest absolute Gasteiger partial charge is 0.389 e. The summed E-state index contributed by atoms with van der Waals surface area (Å²) >= 11 is 0. The van der Waals surface area contributed by atoms with Gasteiger partial charge in [-0.1, -0.05) is 6.92 Å². The highest BCUT2D eigenvalue weighted by molar-refractivity contribution is 4.91. The monoisotopic (exact) mass is 200 g/mol. The molecule has 2 aliphatic heterocycles. The van der Waals surface area contributed by atoms with Crippen molar-refractivity contribution < 1.29 is 9.84 Å². The number of hydrogen-bond acceptors (Lipinski definition) is 4. The smallest absolute Gasteiger partial charge is 0.0948 e. The van der Waals surface area contributed by atoms with Gasteiger partial charge >= 0.3 is 0 Å². The lowest BCUT2D eigenvalue weighted by Gasteiger charge is -2.22. The number of likely N-dealkylation sites (tertiary alicyclic amines) is 1. The van der Waals surface area contributed by atoms with Gasteiger partial charge in [0.15, 0.2) is 0 Å². The zero-order valence-electron chi connectivity index (χ0n) is 8.94. The predicted molar refractivity (Wildman–Crippen MR) is 54.2 cm³/mol. The Labute approximate surface area is 85.2 Å². The average Bonchev–Trinajstić information content (AvgIpc) is 2.62. The van der Waals surface area contributed by atoms with Gasteiger partial charge in [-0.2, -0.15) is 0 Å². The molecule has 2 fully saturated rings. The molecule has 82 valence electrons. The maximum Gasteiger partial charge on any atom is 0.0948 e. The van der Waals surface area contributed by atoms with Crippen molar-refractivity contribution in [1.29, 1.82) is 0 Å². The van der Waals surface area contributed by atoms with Gasteiger partial charge in [-0.05, 0) is 13.0 Å². The number of aliphatic hydroxyl groups is 1. The fraction of sp³-hybridized carbons (Fsp3) is 1.00. The van der Waals surface area contributed by atoms with Gasteiger partial charge in [0.2, 0.25) is 0 Å². The van der Waals surface area contributed by atoms with Gasteiger partial charge < -0.3 is 20.1 Å². The molecule has 0 spiro atoms. The molecule has 0 amide bonds. The Hall–Kier alpha value is -0.160. The van der Waals surface area contributed by atoms with Crippen LogP contribution in [0.25, 0.3) is 0 Å². The molecule has 4 unspecified atom stereocenters. The van der Waals surface area contributed by atoms with Gasteiger partial charge in [0, 0.05) is 19.1 Å². The molecule has 0 aromatic rings. The second-order valence-corrected chi connectivity index (χ2v) is 4.68. The van der Waals surface area contributed by atoms with E-state index in [-0.39, 0.29) is 12.1 Å². The van der Waals surface area contributed by atoms with Crippen molar-refractivity contribution >= 4 is 0 Å². The number of nitrogens with zero attached hydrogens (tertiary/aromatic N) is 1. The summed E-state index contributed by atoms with van der Waals surface area (Å²) in [6.45, 7) is 5.60. The van der Waals surface area contributed by atoms with Crippen molar-refractivity contribution in [3.8, 4) is 0 Å². The van der Waals surface area contributed by atoms with E-state index in [0.29, 0.717) is 25.2 Å². The molecule has 4 atom stereocenters. The van der Waals surface area contributed by atoms with E-state index in [0.717, 1.165) is 13.1 Å². The SMILES string of the molecule is CC1CN(C)CC1NC1COCC1O. The van der Waals surface area contributed by atoms with Crippen LogP contribution >= 0.6 is 0 Å². The molecule has 2 aliphatic rings. The molecule has 2 N–H and O–H groups in total. The summed E-state index contributed by atoms with van der Waals surface area (Å²) in [5, 5.41) is 13.1. The van der Waals surface area contributed by atoms with Crippen LogP contribution in [0.5, 0.6) is 0 Å². The highest BCUT2D eigenvalue weighted by atomic mass is 16.5.